The van der Waals surface area contributed by atoms with Gasteiger partial charge in [-0.3, -0.25) is 4.79 Å². The van der Waals surface area contributed by atoms with Gasteiger partial charge in [-0.15, -0.1) is 0 Å². The van der Waals surface area contributed by atoms with Crippen LogP contribution in [0.3, 0.4) is 0 Å². The number of aliphatic hydroxyl groups is 1. The van der Waals surface area contributed by atoms with Gasteiger partial charge in [0.15, 0.2) is 0 Å². The predicted molar refractivity (Wildman–Crippen MR) is 67.0 cm³/mol. The lowest BCUT2D eigenvalue weighted by Gasteiger charge is -2.37. The molecule has 2 N–H and O–H groups in total. The Bertz CT molecular complexity index is 500. The van der Waals surface area contributed by atoms with Crippen molar-refractivity contribution in [3.8, 4) is 5.75 Å². The topological polar surface area (TPSA) is 66.8 Å². The van der Waals surface area contributed by atoms with Gasteiger partial charge in [-0.25, -0.2) is 0 Å². The average molecular weight is 271 g/mol. The molecule has 0 spiro atoms. The molecule has 0 radical (unpaired) electrons. The fourth-order valence-electron chi connectivity index (χ4n) is 2.38. The van der Waals surface area contributed by atoms with Crippen LogP contribution in [0, 0.1) is 6.92 Å². The van der Waals surface area contributed by atoms with Crippen LogP contribution in [0.15, 0.2) is 12.1 Å². The molecule has 1 aromatic rings. The van der Waals surface area contributed by atoms with Gasteiger partial charge in [0.25, 0.3) is 0 Å². The highest BCUT2D eigenvalue weighted by atomic mass is 35.5. The highest BCUT2D eigenvalue weighted by Crippen LogP contribution is 2.43. The molecule has 1 heterocycles. The Kier molecular flexibility index (Phi) is 3.25. The van der Waals surface area contributed by atoms with Crippen molar-refractivity contribution in [2.24, 2.45) is 0 Å². The Morgan fingerprint density at radius 3 is 2.89 bits per heavy atom. The number of aliphatic carboxylic acids is 1. The number of rotatable bonds is 2. The van der Waals surface area contributed by atoms with Gasteiger partial charge in [0.05, 0.1) is 12.5 Å². The molecule has 0 fully saturated rings. The van der Waals surface area contributed by atoms with Crippen LogP contribution in [-0.2, 0) is 10.4 Å². The summed E-state index contributed by atoms with van der Waals surface area (Å²) in [6, 6.07) is 3.33. The first kappa shape index (κ1) is 13.2. The minimum atomic E-state index is -1.42. The summed E-state index contributed by atoms with van der Waals surface area (Å²) in [5.41, 5.74) is -0.128. The summed E-state index contributed by atoms with van der Waals surface area (Å²) in [6.45, 7) is 3.64. The number of halogens is 1. The fraction of sp³-hybridized carbons (Fsp3) is 0.462. The third-order valence-electron chi connectivity index (χ3n) is 3.16. The van der Waals surface area contributed by atoms with Gasteiger partial charge in [-0.2, -0.15) is 0 Å². The van der Waals surface area contributed by atoms with Gasteiger partial charge in [0.2, 0.25) is 0 Å². The molecular weight excluding hydrogens is 256 g/mol. The SMILES string of the molecule is Cc1cc2c(cc1Cl)[C@](O)(CC(=O)O)C[C@@H](C)O2. The number of ether oxygens (including phenoxy) is 1. The summed E-state index contributed by atoms with van der Waals surface area (Å²) >= 11 is 6.03. The third kappa shape index (κ3) is 2.31. The number of aryl methyl sites for hydroxylation is 1. The summed E-state index contributed by atoms with van der Waals surface area (Å²) in [6.07, 6.45) is -0.346. The number of carboxylic acid groups (broad SMARTS) is 1. The molecule has 0 aromatic heterocycles. The van der Waals surface area contributed by atoms with Crippen molar-refractivity contribution in [3.05, 3.63) is 28.3 Å². The lowest BCUT2D eigenvalue weighted by Crippen LogP contribution is -2.39. The van der Waals surface area contributed by atoms with Crippen LogP contribution in [0.4, 0.5) is 0 Å². The fourth-order valence-corrected chi connectivity index (χ4v) is 2.54. The molecule has 2 rings (SSSR count). The Hall–Kier alpha value is -1.26. The highest BCUT2D eigenvalue weighted by Gasteiger charge is 2.41. The molecule has 0 saturated heterocycles. The average Bonchev–Trinajstić information content (AvgIpc) is 2.19. The van der Waals surface area contributed by atoms with E-state index in [1.54, 1.807) is 19.1 Å². The molecule has 5 heteroatoms. The summed E-state index contributed by atoms with van der Waals surface area (Å²) in [4.78, 5) is 10.9. The summed E-state index contributed by atoms with van der Waals surface area (Å²) in [5, 5.41) is 20.0. The van der Waals surface area contributed by atoms with E-state index in [4.69, 9.17) is 21.4 Å². The van der Waals surface area contributed by atoms with Crippen LogP contribution < -0.4 is 4.74 Å². The van der Waals surface area contributed by atoms with E-state index in [1.807, 2.05) is 6.92 Å². The zero-order valence-corrected chi connectivity index (χ0v) is 11.0. The van der Waals surface area contributed by atoms with Crippen molar-refractivity contribution in [3.63, 3.8) is 0 Å². The summed E-state index contributed by atoms with van der Waals surface area (Å²) < 4.78 is 5.63. The number of carboxylic acids is 1. The third-order valence-corrected chi connectivity index (χ3v) is 3.57. The Morgan fingerprint density at radius 1 is 1.61 bits per heavy atom. The van der Waals surface area contributed by atoms with Crippen molar-refractivity contribution in [1.82, 2.24) is 0 Å². The second-order valence-corrected chi connectivity index (χ2v) is 5.24. The van der Waals surface area contributed by atoms with Gasteiger partial charge in [0, 0.05) is 17.0 Å². The first-order valence-corrected chi connectivity index (χ1v) is 6.11. The quantitative estimate of drug-likeness (QED) is 0.866. The predicted octanol–water partition coefficient (Wildman–Crippen LogP) is 2.48. The van der Waals surface area contributed by atoms with E-state index in [1.165, 1.54) is 0 Å². The Labute approximate surface area is 110 Å². The van der Waals surface area contributed by atoms with Crippen LogP contribution in [0.2, 0.25) is 5.02 Å². The minimum Gasteiger partial charge on any atom is -0.490 e. The highest BCUT2D eigenvalue weighted by molar-refractivity contribution is 6.31. The maximum absolute atomic E-state index is 10.9. The van der Waals surface area contributed by atoms with E-state index in [9.17, 15) is 9.90 Å². The van der Waals surface area contributed by atoms with Crippen molar-refractivity contribution in [2.75, 3.05) is 0 Å². The summed E-state index contributed by atoms with van der Waals surface area (Å²) in [7, 11) is 0. The normalized spacial score (nSPS) is 26.3. The largest absolute Gasteiger partial charge is 0.490 e. The lowest BCUT2D eigenvalue weighted by atomic mass is 9.82. The maximum Gasteiger partial charge on any atom is 0.306 e. The van der Waals surface area contributed by atoms with Crippen LogP contribution >= 0.6 is 11.6 Å². The van der Waals surface area contributed by atoms with Gasteiger partial charge >= 0.3 is 5.97 Å². The smallest absolute Gasteiger partial charge is 0.306 e. The number of benzene rings is 1. The molecule has 0 bridgehead atoms. The molecule has 2 atom stereocenters. The van der Waals surface area contributed by atoms with Crippen molar-refractivity contribution >= 4 is 17.6 Å². The number of hydrogen-bond acceptors (Lipinski definition) is 3. The Balaban J connectivity index is 2.53. The molecule has 0 aliphatic carbocycles. The van der Waals surface area contributed by atoms with Gasteiger partial charge < -0.3 is 14.9 Å². The molecular formula is C13H15ClO4. The second kappa shape index (κ2) is 4.44. The molecule has 1 aromatic carbocycles. The second-order valence-electron chi connectivity index (χ2n) is 4.83. The molecule has 98 valence electrons. The van der Waals surface area contributed by atoms with E-state index in [-0.39, 0.29) is 18.9 Å². The van der Waals surface area contributed by atoms with Crippen LogP contribution in [0.25, 0.3) is 0 Å². The summed E-state index contributed by atoms with van der Waals surface area (Å²) in [5.74, 6) is -0.534. The van der Waals surface area contributed by atoms with E-state index in [0.717, 1.165) is 5.56 Å². The minimum absolute atomic E-state index is 0.234. The first-order chi connectivity index (χ1) is 8.32. The molecule has 0 saturated carbocycles. The zero-order chi connectivity index (χ0) is 13.5. The molecule has 1 aliphatic heterocycles. The van der Waals surface area contributed by atoms with Gasteiger partial charge in [0.1, 0.15) is 11.4 Å². The molecule has 0 unspecified atom stereocenters. The maximum atomic E-state index is 10.9. The van der Waals surface area contributed by atoms with Crippen molar-refractivity contribution in [2.45, 2.75) is 38.4 Å². The molecule has 1 aliphatic rings. The number of carbonyl (C=O) groups is 1. The van der Waals surface area contributed by atoms with E-state index in [2.05, 4.69) is 0 Å². The van der Waals surface area contributed by atoms with Crippen LogP contribution in [0.5, 0.6) is 5.75 Å². The molecule has 0 amide bonds. The van der Waals surface area contributed by atoms with Crippen LogP contribution in [-0.4, -0.2) is 22.3 Å². The van der Waals surface area contributed by atoms with Crippen molar-refractivity contribution in [1.29, 1.82) is 0 Å². The molecule has 18 heavy (non-hydrogen) atoms. The van der Waals surface area contributed by atoms with Crippen LogP contribution in [0.1, 0.15) is 30.9 Å². The number of hydrogen-bond donors (Lipinski definition) is 2. The van der Waals surface area contributed by atoms with E-state index in [0.29, 0.717) is 16.3 Å². The number of fused-ring (bicyclic) bond motifs is 1. The standard InChI is InChI=1S/C13H15ClO4/c1-7-3-11-9(4-10(7)14)13(17,6-12(15)16)5-8(2)18-11/h3-4,8,17H,5-6H2,1-2H3,(H,15,16)/t8-,13-/m1/s1. The first-order valence-electron chi connectivity index (χ1n) is 5.73. The van der Waals surface area contributed by atoms with E-state index >= 15 is 0 Å². The monoisotopic (exact) mass is 270 g/mol. The van der Waals surface area contributed by atoms with Gasteiger partial charge in [-0.05, 0) is 31.5 Å². The Morgan fingerprint density at radius 2 is 2.28 bits per heavy atom. The molecule has 4 nitrogen and oxygen atoms in total. The lowest BCUT2D eigenvalue weighted by molar-refractivity contribution is -0.145. The van der Waals surface area contributed by atoms with Gasteiger partial charge in [-0.1, -0.05) is 11.6 Å². The van der Waals surface area contributed by atoms with E-state index < -0.39 is 11.6 Å². The van der Waals surface area contributed by atoms with Crippen molar-refractivity contribution < 1.29 is 19.7 Å². The zero-order valence-electron chi connectivity index (χ0n) is 10.2.